The first-order valence-corrected chi connectivity index (χ1v) is 7.81. The number of nitrogens with one attached hydrogen (secondary N) is 1. The Balaban J connectivity index is 1.54. The molecule has 0 unspecified atom stereocenters. The van der Waals surface area contributed by atoms with Crippen LogP contribution in [0.2, 0.25) is 0 Å². The summed E-state index contributed by atoms with van der Waals surface area (Å²) in [6.07, 6.45) is 0.703. The van der Waals surface area contributed by atoms with Gasteiger partial charge in [-0.15, -0.1) is 0 Å². The van der Waals surface area contributed by atoms with Gasteiger partial charge in [-0.05, 0) is 36.8 Å². The van der Waals surface area contributed by atoms with Gasteiger partial charge in [0.05, 0.1) is 0 Å². The fourth-order valence-corrected chi connectivity index (χ4v) is 3.16. The average molecular weight is 286 g/mol. The van der Waals surface area contributed by atoms with Crippen LogP contribution in [0.15, 0.2) is 42.5 Å². The molecule has 0 aromatic heterocycles. The number of morpholine rings is 1. The van der Waals surface area contributed by atoms with Gasteiger partial charge in [0.15, 0.2) is 0 Å². The van der Waals surface area contributed by atoms with Gasteiger partial charge in [-0.3, -0.25) is 0 Å². The summed E-state index contributed by atoms with van der Waals surface area (Å²) in [5.74, 6) is 0.961. The van der Waals surface area contributed by atoms with Gasteiger partial charge < -0.3 is 14.4 Å². The monoisotopic (exact) mass is 286 g/mol. The van der Waals surface area contributed by atoms with Crippen molar-refractivity contribution in [3.63, 3.8) is 0 Å². The van der Waals surface area contributed by atoms with Crippen molar-refractivity contribution in [1.29, 1.82) is 0 Å². The quantitative estimate of drug-likeness (QED) is 0.928. The maximum Gasteiger partial charge on any atom is 0.137 e. The Labute approximate surface area is 126 Å². The Bertz CT molecular complexity index is 589. The van der Waals surface area contributed by atoms with Crippen molar-refractivity contribution in [3.05, 3.63) is 42.5 Å². The summed E-state index contributed by atoms with van der Waals surface area (Å²) in [7, 11) is 0. The molecule has 1 fully saturated rings. The summed E-state index contributed by atoms with van der Waals surface area (Å²) in [5.41, 5.74) is 0. The molecule has 112 valence electrons. The Morgan fingerprint density at radius 1 is 1.05 bits per heavy atom. The van der Waals surface area contributed by atoms with Crippen molar-refractivity contribution in [3.8, 4) is 5.75 Å². The van der Waals surface area contributed by atoms with Crippen LogP contribution in [0.3, 0.4) is 0 Å². The summed E-state index contributed by atoms with van der Waals surface area (Å²) in [6.45, 7) is 8.24. The second-order valence-corrected chi connectivity index (χ2v) is 6.02. The van der Waals surface area contributed by atoms with Crippen LogP contribution in [-0.2, 0) is 4.74 Å². The van der Waals surface area contributed by atoms with E-state index >= 15 is 0 Å². The zero-order chi connectivity index (χ0) is 14.7. The van der Waals surface area contributed by atoms with Gasteiger partial charge in [-0.25, -0.2) is 0 Å². The van der Waals surface area contributed by atoms with Crippen LogP contribution < -0.4 is 9.64 Å². The first kappa shape index (κ1) is 14.4. The zero-order valence-corrected chi connectivity index (χ0v) is 12.8. The fraction of sp³-hybridized carbons (Fsp3) is 0.444. The van der Waals surface area contributed by atoms with Crippen LogP contribution >= 0.6 is 0 Å². The van der Waals surface area contributed by atoms with Gasteiger partial charge in [0.25, 0.3) is 0 Å². The van der Waals surface area contributed by atoms with Gasteiger partial charge in [0, 0.05) is 0 Å². The number of hydrogen-bond acceptors (Lipinski definition) is 2. The molecule has 1 aliphatic heterocycles. The van der Waals surface area contributed by atoms with Crippen molar-refractivity contribution in [2.45, 2.75) is 26.1 Å². The Kier molecular flexibility index (Phi) is 4.42. The predicted molar refractivity (Wildman–Crippen MR) is 85.0 cm³/mol. The van der Waals surface area contributed by atoms with Crippen LogP contribution in [0.25, 0.3) is 10.8 Å². The molecule has 0 amide bonds. The third kappa shape index (κ3) is 3.74. The van der Waals surface area contributed by atoms with E-state index in [-0.39, 0.29) is 0 Å². The molecule has 0 aliphatic carbocycles. The first-order valence-electron chi connectivity index (χ1n) is 7.81. The van der Waals surface area contributed by atoms with Gasteiger partial charge in [0.2, 0.25) is 0 Å². The molecule has 3 nitrogen and oxygen atoms in total. The maximum atomic E-state index is 5.93. The molecule has 0 spiro atoms. The minimum Gasteiger partial charge on any atom is -0.488 e. The molecule has 21 heavy (non-hydrogen) atoms. The molecule has 1 heterocycles. The van der Waals surface area contributed by atoms with E-state index in [0.29, 0.717) is 12.2 Å². The molecular formula is C18H24NO2+. The highest BCUT2D eigenvalue weighted by molar-refractivity contribution is 5.83. The highest BCUT2D eigenvalue weighted by Crippen LogP contribution is 2.20. The molecule has 0 saturated carbocycles. The third-order valence-electron chi connectivity index (χ3n) is 4.06. The van der Waals surface area contributed by atoms with Gasteiger partial charge in [-0.1, -0.05) is 30.3 Å². The first-order chi connectivity index (χ1) is 10.2. The molecule has 2 aromatic carbocycles. The number of quaternary nitrogens is 1. The summed E-state index contributed by atoms with van der Waals surface area (Å²) in [6, 6.07) is 14.7. The molecule has 1 N–H and O–H groups in total. The van der Waals surface area contributed by atoms with Gasteiger partial charge in [-0.2, -0.15) is 0 Å². The second kappa shape index (κ2) is 6.46. The van der Waals surface area contributed by atoms with E-state index in [0.717, 1.165) is 32.0 Å². The number of rotatable bonds is 4. The molecule has 0 radical (unpaired) electrons. The fourth-order valence-electron chi connectivity index (χ4n) is 3.16. The predicted octanol–water partition coefficient (Wildman–Crippen LogP) is 1.91. The van der Waals surface area contributed by atoms with Crippen LogP contribution in [0.5, 0.6) is 5.75 Å². The van der Waals surface area contributed by atoms with E-state index in [2.05, 4.69) is 56.3 Å². The summed E-state index contributed by atoms with van der Waals surface area (Å²) < 4.78 is 11.7. The lowest BCUT2D eigenvalue weighted by Crippen LogP contribution is -3.16. The molecule has 0 bridgehead atoms. The van der Waals surface area contributed by atoms with E-state index in [1.165, 1.54) is 10.8 Å². The smallest absolute Gasteiger partial charge is 0.137 e. The van der Waals surface area contributed by atoms with E-state index < -0.39 is 0 Å². The summed E-state index contributed by atoms with van der Waals surface area (Å²) >= 11 is 0. The maximum absolute atomic E-state index is 5.93. The SMILES string of the molecule is C[C@@H]1C[NH+](CCOc2ccc3ccccc3c2)C[C@@H](C)O1. The van der Waals surface area contributed by atoms with Crippen molar-refractivity contribution < 1.29 is 14.4 Å². The number of ether oxygens (including phenoxy) is 2. The van der Waals surface area contributed by atoms with Crippen LogP contribution in [0.4, 0.5) is 0 Å². The topological polar surface area (TPSA) is 22.9 Å². The van der Waals surface area contributed by atoms with Crippen LogP contribution in [0, 0.1) is 0 Å². The standard InChI is InChI=1S/C18H23NO2/c1-14-12-19(13-15(2)21-14)9-10-20-18-8-7-16-5-3-4-6-17(16)11-18/h3-8,11,14-15H,9-10,12-13H2,1-2H3/p+1/t14-,15-/m1/s1. The summed E-state index contributed by atoms with van der Waals surface area (Å²) in [4.78, 5) is 1.57. The lowest BCUT2D eigenvalue weighted by atomic mass is 10.1. The average Bonchev–Trinajstić information content (AvgIpc) is 2.46. The molecule has 2 aromatic rings. The number of benzene rings is 2. The minimum atomic E-state index is 0.351. The molecular weight excluding hydrogens is 262 g/mol. The van der Waals surface area contributed by atoms with Gasteiger partial charge >= 0.3 is 0 Å². The van der Waals surface area contributed by atoms with Crippen molar-refractivity contribution >= 4 is 10.8 Å². The van der Waals surface area contributed by atoms with E-state index in [9.17, 15) is 0 Å². The van der Waals surface area contributed by atoms with E-state index in [1.807, 2.05) is 0 Å². The normalized spacial score (nSPS) is 25.9. The molecule has 2 atom stereocenters. The zero-order valence-electron chi connectivity index (χ0n) is 12.8. The van der Waals surface area contributed by atoms with Crippen LogP contribution in [0.1, 0.15) is 13.8 Å². The lowest BCUT2D eigenvalue weighted by molar-refractivity contribution is -0.915. The third-order valence-corrected chi connectivity index (χ3v) is 4.06. The van der Waals surface area contributed by atoms with E-state index in [1.54, 1.807) is 4.90 Å². The highest BCUT2D eigenvalue weighted by atomic mass is 16.5. The second-order valence-electron chi connectivity index (χ2n) is 6.02. The van der Waals surface area contributed by atoms with Crippen LogP contribution in [-0.4, -0.2) is 38.4 Å². The highest BCUT2D eigenvalue weighted by Gasteiger charge is 2.25. The minimum absolute atomic E-state index is 0.351. The Hall–Kier alpha value is -1.58. The van der Waals surface area contributed by atoms with Crippen molar-refractivity contribution in [1.82, 2.24) is 0 Å². The van der Waals surface area contributed by atoms with Gasteiger partial charge in [0.1, 0.15) is 44.2 Å². The molecule has 3 heteroatoms. The molecule has 3 rings (SSSR count). The number of fused-ring (bicyclic) bond motifs is 1. The molecule has 1 aliphatic rings. The summed E-state index contributed by atoms with van der Waals surface area (Å²) in [5, 5.41) is 2.49. The lowest BCUT2D eigenvalue weighted by Gasteiger charge is -2.32. The van der Waals surface area contributed by atoms with Crippen molar-refractivity contribution in [2.75, 3.05) is 26.2 Å². The Morgan fingerprint density at radius 3 is 2.52 bits per heavy atom. The van der Waals surface area contributed by atoms with Crippen molar-refractivity contribution in [2.24, 2.45) is 0 Å². The number of hydrogen-bond donors (Lipinski definition) is 1. The van der Waals surface area contributed by atoms with E-state index in [4.69, 9.17) is 9.47 Å². The molecule has 1 saturated heterocycles. The Morgan fingerprint density at radius 2 is 1.76 bits per heavy atom. The largest absolute Gasteiger partial charge is 0.488 e.